The number of unbranched alkanes of at least 4 members (excludes halogenated alkanes) is 2. The lowest BCUT2D eigenvalue weighted by Gasteiger charge is -2.29. The first-order valence-electron chi connectivity index (χ1n) is 9.62. The Morgan fingerprint density at radius 2 is 2.04 bits per heavy atom. The Balaban J connectivity index is 1.81. The van der Waals surface area contributed by atoms with Gasteiger partial charge < -0.3 is 14.6 Å². The average molecular weight is 374 g/mol. The maximum atomic E-state index is 12.4. The normalized spacial score (nSPS) is 13.5. The van der Waals surface area contributed by atoms with E-state index in [9.17, 15) is 14.7 Å². The quantitative estimate of drug-likeness (QED) is 0.645. The van der Waals surface area contributed by atoms with Gasteiger partial charge in [0.2, 0.25) is 5.91 Å². The molecule has 2 aromatic heterocycles. The number of pyridine rings is 1. The fourth-order valence-corrected chi connectivity index (χ4v) is 3.44. The predicted octanol–water partition coefficient (Wildman–Crippen LogP) is 3.26. The molecule has 0 spiro atoms. The van der Waals surface area contributed by atoms with Crippen LogP contribution in [0.1, 0.15) is 51.8 Å². The summed E-state index contributed by atoms with van der Waals surface area (Å²) in [6.07, 6.45) is 7.26. The number of imidazole rings is 1. The van der Waals surface area contributed by atoms with Gasteiger partial charge in [-0.05, 0) is 31.7 Å². The third kappa shape index (κ3) is 5.05. The van der Waals surface area contributed by atoms with Crippen LogP contribution in [0.3, 0.4) is 0 Å². The fourth-order valence-electron chi connectivity index (χ4n) is 3.44. The average Bonchev–Trinajstić information content (AvgIpc) is 2.96. The van der Waals surface area contributed by atoms with E-state index >= 15 is 0 Å². The lowest BCUT2D eigenvalue weighted by atomic mass is 9.97. The van der Waals surface area contributed by atoms with Crippen molar-refractivity contribution in [3.8, 4) is 0 Å². The Morgan fingerprint density at radius 3 is 2.70 bits per heavy atom. The number of aryl methyl sites for hydroxylation is 2. The van der Waals surface area contributed by atoms with Crippen LogP contribution in [0.5, 0.6) is 0 Å². The van der Waals surface area contributed by atoms with E-state index in [-0.39, 0.29) is 11.8 Å². The van der Waals surface area contributed by atoms with Crippen molar-refractivity contribution in [3.63, 3.8) is 0 Å². The number of carbonyl (C=O) groups is 2. The van der Waals surface area contributed by atoms with Crippen LogP contribution < -0.4 is 0 Å². The van der Waals surface area contributed by atoms with E-state index in [0.717, 1.165) is 49.1 Å². The Morgan fingerprint density at radius 1 is 1.30 bits per heavy atom. The summed E-state index contributed by atoms with van der Waals surface area (Å²) < 4.78 is 2.15. The smallest absolute Gasteiger partial charge is 0.326 e. The number of carboxylic acid groups (broad SMARTS) is 1. The maximum absolute atomic E-state index is 12.4. The summed E-state index contributed by atoms with van der Waals surface area (Å²) in [4.78, 5) is 33.9. The minimum Gasteiger partial charge on any atom is -0.480 e. The third-order valence-corrected chi connectivity index (χ3v) is 5.26. The van der Waals surface area contributed by atoms with Crippen molar-refractivity contribution < 1.29 is 14.7 Å². The first-order valence-corrected chi connectivity index (χ1v) is 9.62. The lowest BCUT2D eigenvalue weighted by molar-refractivity contribution is -0.151. The van der Waals surface area contributed by atoms with Crippen molar-refractivity contribution in [3.05, 3.63) is 24.3 Å². The number of rotatable bonds is 10. The molecule has 0 fully saturated rings. The Kier molecular flexibility index (Phi) is 7.33. The molecular formula is C20H30N4O3. The minimum atomic E-state index is -0.934. The van der Waals surface area contributed by atoms with E-state index in [4.69, 9.17) is 0 Å². The van der Waals surface area contributed by atoms with Crippen LogP contribution in [0.2, 0.25) is 0 Å². The van der Waals surface area contributed by atoms with Crippen LogP contribution in [0.4, 0.5) is 0 Å². The Bertz CT molecular complexity index is 787. The zero-order valence-corrected chi connectivity index (χ0v) is 16.7. The molecule has 0 aromatic carbocycles. The van der Waals surface area contributed by atoms with Crippen molar-refractivity contribution >= 4 is 22.9 Å². The minimum absolute atomic E-state index is 0.0671. The van der Waals surface area contributed by atoms with E-state index < -0.39 is 12.0 Å². The van der Waals surface area contributed by atoms with Crippen LogP contribution in [-0.2, 0) is 16.1 Å². The number of likely N-dealkylation sites (N-methyl/N-ethyl adjacent to an activating group) is 1. The first-order chi connectivity index (χ1) is 12.9. The summed E-state index contributed by atoms with van der Waals surface area (Å²) in [5.74, 6) is -0.137. The van der Waals surface area contributed by atoms with E-state index in [1.165, 1.54) is 4.90 Å². The number of nitrogens with zero attached hydrogens (tertiary/aromatic N) is 4. The summed E-state index contributed by atoms with van der Waals surface area (Å²) in [5.41, 5.74) is 1.98. The van der Waals surface area contributed by atoms with E-state index in [1.807, 2.05) is 33.0 Å². The second kappa shape index (κ2) is 9.48. The molecule has 0 bridgehead atoms. The second-order valence-electron chi connectivity index (χ2n) is 7.16. The molecule has 1 N–H and O–H groups in total. The number of fused-ring (bicyclic) bond motifs is 1. The van der Waals surface area contributed by atoms with Gasteiger partial charge in [-0.25, -0.2) is 9.78 Å². The first kappa shape index (κ1) is 20.9. The largest absolute Gasteiger partial charge is 0.480 e. The summed E-state index contributed by atoms with van der Waals surface area (Å²) in [6, 6.07) is 1.15. The number of aliphatic carboxylic acids is 1. The van der Waals surface area contributed by atoms with Gasteiger partial charge in [-0.3, -0.25) is 9.78 Å². The Labute approximate surface area is 160 Å². The van der Waals surface area contributed by atoms with Crippen LogP contribution >= 0.6 is 0 Å². The lowest BCUT2D eigenvalue weighted by Crippen LogP contribution is -2.46. The molecule has 0 aliphatic rings. The number of amides is 1. The van der Waals surface area contributed by atoms with Crippen molar-refractivity contribution in [1.82, 2.24) is 19.4 Å². The highest BCUT2D eigenvalue weighted by Crippen LogP contribution is 2.17. The van der Waals surface area contributed by atoms with Crippen molar-refractivity contribution in [2.75, 3.05) is 7.05 Å². The molecule has 7 nitrogen and oxygen atoms in total. The number of carbonyl (C=O) groups excluding carboxylic acids is 1. The standard InChI is InChI=1S/C20H30N4O3/c1-5-14(2)19(20(26)27)23(4)18(25)9-7-6-8-12-24-15(3)22-16-10-11-21-13-17(16)24/h10-11,13-14,19H,5-9,12H2,1-4H3,(H,26,27)/t14-,19-/m0/s1. The number of hydrogen-bond acceptors (Lipinski definition) is 4. The predicted molar refractivity (Wildman–Crippen MR) is 104 cm³/mol. The molecule has 2 heterocycles. The van der Waals surface area contributed by atoms with Gasteiger partial charge in [0.05, 0.1) is 17.2 Å². The van der Waals surface area contributed by atoms with Crippen LogP contribution in [-0.4, -0.2) is 49.5 Å². The molecule has 0 saturated carbocycles. The molecule has 27 heavy (non-hydrogen) atoms. The van der Waals surface area contributed by atoms with Gasteiger partial charge in [0, 0.05) is 26.2 Å². The monoisotopic (exact) mass is 374 g/mol. The molecule has 2 aromatic rings. The highest BCUT2D eigenvalue weighted by atomic mass is 16.4. The molecular weight excluding hydrogens is 344 g/mol. The number of aromatic nitrogens is 3. The molecule has 148 valence electrons. The molecule has 7 heteroatoms. The summed E-state index contributed by atoms with van der Waals surface area (Å²) in [5, 5.41) is 9.41. The van der Waals surface area contributed by atoms with Crippen molar-refractivity contribution in [1.29, 1.82) is 0 Å². The van der Waals surface area contributed by atoms with Gasteiger partial charge >= 0.3 is 5.97 Å². The van der Waals surface area contributed by atoms with Gasteiger partial charge in [0.15, 0.2) is 0 Å². The fraction of sp³-hybridized carbons (Fsp3) is 0.600. The van der Waals surface area contributed by atoms with Crippen LogP contribution in [0.15, 0.2) is 18.5 Å². The number of hydrogen-bond donors (Lipinski definition) is 1. The zero-order valence-electron chi connectivity index (χ0n) is 16.7. The van der Waals surface area contributed by atoms with E-state index in [1.54, 1.807) is 13.2 Å². The molecule has 0 unspecified atom stereocenters. The second-order valence-corrected chi connectivity index (χ2v) is 7.16. The van der Waals surface area contributed by atoms with Gasteiger partial charge in [-0.15, -0.1) is 0 Å². The SMILES string of the molecule is CC[C@H](C)[C@@H](C(=O)O)N(C)C(=O)CCCCCn1c(C)nc2ccncc21. The molecule has 2 rings (SSSR count). The summed E-state index contributed by atoms with van der Waals surface area (Å²) in [7, 11) is 1.60. The van der Waals surface area contributed by atoms with Gasteiger partial charge in [0.1, 0.15) is 11.9 Å². The van der Waals surface area contributed by atoms with E-state index in [0.29, 0.717) is 6.42 Å². The van der Waals surface area contributed by atoms with Gasteiger partial charge in [0.25, 0.3) is 0 Å². The molecule has 1 amide bonds. The van der Waals surface area contributed by atoms with Crippen LogP contribution in [0.25, 0.3) is 11.0 Å². The van der Waals surface area contributed by atoms with Crippen molar-refractivity contribution in [2.45, 2.75) is 65.5 Å². The maximum Gasteiger partial charge on any atom is 0.326 e. The Hall–Kier alpha value is -2.44. The molecule has 0 saturated heterocycles. The zero-order chi connectivity index (χ0) is 20.0. The summed E-state index contributed by atoms with van der Waals surface area (Å²) in [6.45, 7) is 6.63. The topological polar surface area (TPSA) is 88.3 Å². The third-order valence-electron chi connectivity index (χ3n) is 5.26. The molecule has 2 atom stereocenters. The van der Waals surface area contributed by atoms with E-state index in [2.05, 4.69) is 14.5 Å². The van der Waals surface area contributed by atoms with Crippen LogP contribution in [0, 0.1) is 12.8 Å². The van der Waals surface area contributed by atoms with Gasteiger partial charge in [-0.2, -0.15) is 0 Å². The van der Waals surface area contributed by atoms with Crippen molar-refractivity contribution in [2.24, 2.45) is 5.92 Å². The number of carboxylic acids is 1. The molecule has 0 aliphatic heterocycles. The highest BCUT2D eigenvalue weighted by Gasteiger charge is 2.30. The molecule has 0 radical (unpaired) electrons. The highest BCUT2D eigenvalue weighted by molar-refractivity contribution is 5.83. The van der Waals surface area contributed by atoms with Gasteiger partial charge in [-0.1, -0.05) is 26.7 Å². The summed E-state index contributed by atoms with van der Waals surface area (Å²) >= 11 is 0. The molecule has 0 aliphatic carbocycles.